The number of para-hydroxylation sites is 1. The Bertz CT molecular complexity index is 1250. The summed E-state index contributed by atoms with van der Waals surface area (Å²) in [6.07, 6.45) is 1.29. The average molecular weight is 411 g/mol. The van der Waals surface area contributed by atoms with E-state index in [1.54, 1.807) is 4.90 Å². The molecule has 7 nitrogen and oxygen atoms in total. The summed E-state index contributed by atoms with van der Waals surface area (Å²) in [6.45, 7) is 2.45. The number of aryl methyl sites for hydroxylation is 1. The van der Waals surface area contributed by atoms with Gasteiger partial charge in [-0.1, -0.05) is 55.5 Å². The number of rotatable bonds is 4. The molecule has 1 amide bonds. The number of hydrogen-bond acceptors (Lipinski definition) is 5. The number of benzene rings is 2. The van der Waals surface area contributed by atoms with Crippen LogP contribution in [0.1, 0.15) is 29.3 Å². The normalized spacial score (nSPS) is 19.2. The number of nitrogens with two attached hydrogens (primary N) is 1. The van der Waals surface area contributed by atoms with Crippen LogP contribution in [0.3, 0.4) is 0 Å². The number of H-pyrrole nitrogens is 1. The van der Waals surface area contributed by atoms with Gasteiger partial charge in [-0.3, -0.25) is 9.89 Å². The first-order chi connectivity index (χ1) is 15.1. The Hall–Kier alpha value is -4.05. The van der Waals surface area contributed by atoms with E-state index >= 15 is 0 Å². The SMILES string of the molecule is CCc1[nH]nc2c1[C@]1(C(=O)N(CCc3ccccc3)c3ccccc31)C(C#N)=C(N)O2. The number of nitriles is 1. The Labute approximate surface area is 179 Å². The van der Waals surface area contributed by atoms with Gasteiger partial charge in [0, 0.05) is 23.5 Å². The van der Waals surface area contributed by atoms with Crippen LogP contribution in [0.4, 0.5) is 5.69 Å². The molecule has 2 aliphatic heterocycles. The first-order valence-electron chi connectivity index (χ1n) is 10.2. The number of fused-ring (bicyclic) bond motifs is 4. The summed E-state index contributed by atoms with van der Waals surface area (Å²) in [4.78, 5) is 16.0. The maximum atomic E-state index is 14.2. The number of carbonyl (C=O) groups excluding carboxylic acids is 1. The van der Waals surface area contributed by atoms with Crippen LogP contribution in [-0.4, -0.2) is 22.6 Å². The van der Waals surface area contributed by atoms with Crippen LogP contribution in [0.5, 0.6) is 5.88 Å². The summed E-state index contributed by atoms with van der Waals surface area (Å²) in [7, 11) is 0. The zero-order valence-corrected chi connectivity index (χ0v) is 17.1. The second-order valence-electron chi connectivity index (χ2n) is 7.65. The molecule has 0 fully saturated rings. The second kappa shape index (κ2) is 7.03. The van der Waals surface area contributed by atoms with Gasteiger partial charge in [0.2, 0.25) is 17.7 Å². The molecule has 3 N–H and O–H groups in total. The summed E-state index contributed by atoms with van der Waals surface area (Å²) >= 11 is 0. The van der Waals surface area contributed by atoms with Gasteiger partial charge >= 0.3 is 0 Å². The Morgan fingerprint density at radius 1 is 1.19 bits per heavy atom. The maximum Gasteiger partial charge on any atom is 0.247 e. The molecule has 5 rings (SSSR count). The van der Waals surface area contributed by atoms with E-state index in [0.29, 0.717) is 24.9 Å². The average Bonchev–Trinajstić information content (AvgIpc) is 3.31. The summed E-state index contributed by atoms with van der Waals surface area (Å²) in [5, 5.41) is 17.3. The fraction of sp³-hybridized carbons (Fsp3) is 0.208. The molecule has 0 bridgehead atoms. The van der Waals surface area contributed by atoms with E-state index in [1.165, 1.54) is 0 Å². The standard InChI is InChI=1S/C24H21N5O2/c1-2-18-20-22(28-27-18)31-21(26)17(14-25)24(20)16-10-6-7-11-19(16)29(23(24)30)13-12-15-8-4-3-5-9-15/h3-11H,2,12-13,26H2,1H3,(H,27,28)/t24-/m1/s1. The summed E-state index contributed by atoms with van der Waals surface area (Å²) in [5.74, 6) is -0.0385. The van der Waals surface area contributed by atoms with Crippen molar-refractivity contribution < 1.29 is 9.53 Å². The lowest BCUT2D eigenvalue weighted by Crippen LogP contribution is -2.46. The third-order valence-electron chi connectivity index (χ3n) is 6.11. The van der Waals surface area contributed by atoms with E-state index in [1.807, 2.05) is 61.5 Å². The minimum absolute atomic E-state index is 0.0859. The molecule has 0 unspecified atom stereocenters. The molecule has 0 saturated heterocycles. The predicted molar refractivity (Wildman–Crippen MR) is 115 cm³/mol. The summed E-state index contributed by atoms with van der Waals surface area (Å²) < 4.78 is 5.65. The van der Waals surface area contributed by atoms with Crippen molar-refractivity contribution in [3.05, 3.63) is 88.4 Å². The highest BCUT2D eigenvalue weighted by Gasteiger charge is 2.60. The van der Waals surface area contributed by atoms with Gasteiger partial charge in [-0.25, -0.2) is 0 Å². The largest absolute Gasteiger partial charge is 0.420 e. The predicted octanol–water partition coefficient (Wildman–Crippen LogP) is 2.93. The van der Waals surface area contributed by atoms with E-state index in [4.69, 9.17) is 10.5 Å². The molecule has 1 atom stereocenters. The molecular formula is C24H21N5O2. The van der Waals surface area contributed by atoms with Crippen molar-refractivity contribution in [1.82, 2.24) is 10.2 Å². The number of carbonyl (C=O) groups is 1. The van der Waals surface area contributed by atoms with Crippen LogP contribution in [0.25, 0.3) is 0 Å². The molecule has 0 saturated carbocycles. The molecule has 3 heterocycles. The lowest BCUT2D eigenvalue weighted by molar-refractivity contribution is -0.121. The minimum Gasteiger partial charge on any atom is -0.420 e. The zero-order chi connectivity index (χ0) is 21.6. The number of amides is 1. The molecule has 2 aliphatic rings. The molecule has 31 heavy (non-hydrogen) atoms. The van der Waals surface area contributed by atoms with E-state index in [9.17, 15) is 10.1 Å². The molecule has 3 aromatic rings. The molecule has 0 radical (unpaired) electrons. The van der Waals surface area contributed by atoms with Gasteiger partial charge in [-0.15, -0.1) is 5.10 Å². The first kappa shape index (κ1) is 18.9. The Kier molecular flexibility index (Phi) is 4.29. The lowest BCUT2D eigenvalue weighted by atomic mass is 9.69. The van der Waals surface area contributed by atoms with Crippen molar-refractivity contribution in [3.8, 4) is 11.9 Å². The number of hydrogen-bond donors (Lipinski definition) is 2. The third-order valence-corrected chi connectivity index (χ3v) is 6.11. The summed E-state index contributed by atoms with van der Waals surface area (Å²) in [5.41, 5.74) is 8.87. The second-order valence-corrected chi connectivity index (χ2v) is 7.65. The highest BCUT2D eigenvalue weighted by atomic mass is 16.5. The van der Waals surface area contributed by atoms with Crippen LogP contribution in [-0.2, 0) is 23.1 Å². The number of nitrogens with zero attached hydrogens (tertiary/aromatic N) is 3. The van der Waals surface area contributed by atoms with Crippen molar-refractivity contribution in [1.29, 1.82) is 5.26 Å². The van der Waals surface area contributed by atoms with E-state index < -0.39 is 5.41 Å². The van der Waals surface area contributed by atoms with Crippen LogP contribution in [0, 0.1) is 11.3 Å². The highest BCUT2D eigenvalue weighted by Crippen LogP contribution is 2.55. The first-order valence-corrected chi connectivity index (χ1v) is 10.2. The smallest absolute Gasteiger partial charge is 0.247 e. The third kappa shape index (κ3) is 2.51. The fourth-order valence-corrected chi connectivity index (χ4v) is 4.72. The number of ether oxygens (including phenoxy) is 1. The fourth-order valence-electron chi connectivity index (χ4n) is 4.72. The van der Waals surface area contributed by atoms with Crippen LogP contribution in [0.2, 0.25) is 0 Å². The monoisotopic (exact) mass is 411 g/mol. The number of anilines is 1. The van der Waals surface area contributed by atoms with Crippen LogP contribution in [0.15, 0.2) is 66.1 Å². The van der Waals surface area contributed by atoms with E-state index in [0.717, 1.165) is 22.5 Å². The maximum absolute atomic E-state index is 14.2. The summed E-state index contributed by atoms with van der Waals surface area (Å²) in [6, 6.07) is 19.8. The molecule has 0 aliphatic carbocycles. The Morgan fingerprint density at radius 3 is 2.68 bits per heavy atom. The van der Waals surface area contributed by atoms with Gasteiger partial charge in [-0.2, -0.15) is 5.26 Å². The van der Waals surface area contributed by atoms with Gasteiger partial charge in [0.05, 0.1) is 5.56 Å². The lowest BCUT2D eigenvalue weighted by Gasteiger charge is -2.32. The Balaban J connectivity index is 1.71. The van der Waals surface area contributed by atoms with E-state index in [2.05, 4.69) is 16.3 Å². The van der Waals surface area contributed by atoms with Gasteiger partial charge in [0.15, 0.2) is 0 Å². The molecule has 1 spiro atoms. The number of aromatic amines is 1. The van der Waals surface area contributed by atoms with Crippen molar-refractivity contribution in [2.45, 2.75) is 25.2 Å². The zero-order valence-electron chi connectivity index (χ0n) is 17.1. The number of nitrogens with one attached hydrogen (secondary N) is 1. The van der Waals surface area contributed by atoms with Gasteiger partial charge in [-0.05, 0) is 24.5 Å². The molecule has 2 aromatic carbocycles. The molecule has 7 heteroatoms. The highest BCUT2D eigenvalue weighted by molar-refractivity contribution is 6.14. The minimum atomic E-state index is -1.36. The van der Waals surface area contributed by atoms with E-state index in [-0.39, 0.29) is 23.2 Å². The topological polar surface area (TPSA) is 108 Å². The van der Waals surface area contributed by atoms with Crippen molar-refractivity contribution in [3.63, 3.8) is 0 Å². The van der Waals surface area contributed by atoms with Gasteiger partial charge in [0.25, 0.3) is 0 Å². The quantitative estimate of drug-likeness (QED) is 0.686. The molecular weight excluding hydrogens is 390 g/mol. The van der Waals surface area contributed by atoms with Crippen LogP contribution >= 0.6 is 0 Å². The number of aromatic nitrogens is 2. The molecule has 154 valence electrons. The Morgan fingerprint density at radius 2 is 1.94 bits per heavy atom. The van der Waals surface area contributed by atoms with Crippen LogP contribution < -0.4 is 15.4 Å². The van der Waals surface area contributed by atoms with Crippen molar-refractivity contribution in [2.75, 3.05) is 11.4 Å². The van der Waals surface area contributed by atoms with Gasteiger partial charge in [0.1, 0.15) is 17.1 Å². The van der Waals surface area contributed by atoms with Crippen molar-refractivity contribution in [2.24, 2.45) is 5.73 Å². The van der Waals surface area contributed by atoms with Gasteiger partial charge < -0.3 is 15.4 Å². The van der Waals surface area contributed by atoms with Crippen molar-refractivity contribution >= 4 is 11.6 Å². The molecule has 1 aromatic heterocycles.